The van der Waals surface area contributed by atoms with Crippen LogP contribution in [-0.2, 0) is 62.3 Å². The van der Waals surface area contributed by atoms with Gasteiger partial charge in [0.1, 0.15) is 29.8 Å². The highest BCUT2D eigenvalue weighted by atomic mass is 16.7. The van der Waals surface area contributed by atoms with Crippen molar-refractivity contribution in [3.63, 3.8) is 0 Å². The van der Waals surface area contributed by atoms with E-state index in [1.54, 1.807) is 62.3 Å². The Morgan fingerprint density at radius 2 is 1.16 bits per heavy atom. The van der Waals surface area contributed by atoms with Gasteiger partial charge >= 0.3 is 6.09 Å². The quantitative estimate of drug-likeness (QED) is 0.147. The van der Waals surface area contributed by atoms with Gasteiger partial charge in [0.2, 0.25) is 29.5 Å². The highest BCUT2D eigenvalue weighted by Crippen LogP contribution is 2.38. The molecule has 13 atom stereocenters. The van der Waals surface area contributed by atoms with E-state index in [9.17, 15) is 47.9 Å². The molecule has 0 radical (unpaired) electrons. The number of carbonyl (C=O) groups is 12. The number of ether oxygens (including phenoxy) is 1. The van der Waals surface area contributed by atoms with Crippen LogP contribution in [0.15, 0.2) is 12.2 Å². The van der Waals surface area contributed by atoms with Crippen molar-refractivity contribution in [3.8, 4) is 0 Å². The average Bonchev–Trinajstić information content (AvgIpc) is 0.876. The van der Waals surface area contributed by atoms with Crippen LogP contribution in [-0.4, -0.2) is 179 Å². The summed E-state index contributed by atoms with van der Waals surface area (Å²) < 4.78 is 4.97. The Labute approximate surface area is 526 Å². The summed E-state index contributed by atoms with van der Waals surface area (Å²) in [5, 5.41) is 6.58. The average molecular weight is 1240 g/mol. The van der Waals surface area contributed by atoms with Crippen LogP contribution < -0.4 is 10.6 Å². The van der Waals surface area contributed by atoms with E-state index >= 15 is 9.59 Å². The van der Waals surface area contributed by atoms with Crippen LogP contribution >= 0.6 is 0 Å². The van der Waals surface area contributed by atoms with E-state index < -0.39 is 160 Å². The molecular weight excluding hydrogens is 1130 g/mol. The molecule has 2 N–H and O–H groups in total. The van der Waals surface area contributed by atoms with Gasteiger partial charge in [0.15, 0.2) is 23.4 Å². The molecule has 2 rings (SSSR count). The van der Waals surface area contributed by atoms with Crippen molar-refractivity contribution in [1.82, 2.24) is 35.3 Å². The van der Waals surface area contributed by atoms with Gasteiger partial charge in [-0.3, -0.25) is 57.6 Å². The van der Waals surface area contributed by atoms with E-state index in [0.717, 1.165) is 5.06 Å². The lowest BCUT2D eigenvalue weighted by molar-refractivity contribution is -0.321. The standard InChI is InChI=1S/C67H113N7O14/c1-24-26-27-42(13)59-58-61(81)69-49(25-2)54(77)31-43(14)52(75)35-48(67(17,18)36-70(19)66(86)87-23)53(76)34-47(40(9)10)64(84)72(21)50(29-38(5)6)55(78)32-44(15)60(80)68-45(16)62(82)71(20)51(30-39(7)8)56(79)33-46(28-37(3)4)63(83)73(22)57(41(11)12)65(85)74(58)88-59/h24,26,37-51,57-59H,25,27-36H2,1-23H3,(H,68,80)(H,69,81)/b26-24+/t42-,43+,44-,45-,46-,47+,48-,49+,50+,51+,57+,58+,59-/m1/s1. The second-order valence-corrected chi connectivity index (χ2v) is 28.2. The van der Waals surface area contributed by atoms with E-state index in [4.69, 9.17) is 9.57 Å². The number of Topliss-reactive ketones (excluding diaryl/α,β-unsaturated/α-hetero) is 5. The number of ketones is 5. The minimum atomic E-state index is -1.25. The molecule has 21 heteroatoms. The van der Waals surface area contributed by atoms with Crippen molar-refractivity contribution < 1.29 is 67.1 Å². The van der Waals surface area contributed by atoms with E-state index in [1.165, 1.54) is 61.8 Å². The summed E-state index contributed by atoms with van der Waals surface area (Å²) in [6.07, 6.45) is 1.92. The Morgan fingerprint density at radius 3 is 1.65 bits per heavy atom. The molecule has 2 aliphatic rings. The van der Waals surface area contributed by atoms with Crippen molar-refractivity contribution in [2.45, 2.75) is 231 Å². The first-order valence-electron chi connectivity index (χ1n) is 32.1. The maximum atomic E-state index is 15.0. The van der Waals surface area contributed by atoms with Gasteiger partial charge in [-0.2, -0.15) is 0 Å². The number of hydrogen-bond acceptors (Lipinski definition) is 14. The van der Waals surface area contributed by atoms with Crippen molar-refractivity contribution in [2.24, 2.45) is 70.5 Å². The monoisotopic (exact) mass is 1240 g/mol. The molecule has 0 saturated carbocycles. The first-order chi connectivity index (χ1) is 40.7. The van der Waals surface area contributed by atoms with Gasteiger partial charge in [-0.1, -0.05) is 123 Å². The topological polar surface area (TPSA) is 264 Å². The van der Waals surface area contributed by atoms with Crippen LogP contribution in [0.4, 0.5) is 4.79 Å². The van der Waals surface area contributed by atoms with Crippen LogP contribution in [0.25, 0.3) is 0 Å². The van der Waals surface area contributed by atoms with Gasteiger partial charge in [0, 0.05) is 96.4 Å². The Morgan fingerprint density at radius 1 is 0.636 bits per heavy atom. The molecule has 2 heterocycles. The van der Waals surface area contributed by atoms with Gasteiger partial charge in [0.05, 0.1) is 25.2 Å². The molecule has 0 spiro atoms. The zero-order valence-corrected chi connectivity index (χ0v) is 57.8. The SMILES string of the molecule is C/C=C/C[C@@H](C)[C@H]1ON2C(=O)[C@H](C(C)C)N(C)C(=O)[C@H](CC(C)C)CC(=O)[C@H](CC(C)C)N(C)C(=O)[C@@H](C)NC(=O)[C@H](C)CC(=O)[C@H](CC(C)C)N(C)C(=O)[C@H](C(C)C)CC(=O)[C@H](C(C)(C)CN(C)C(=O)OC)CC(=O)[C@@H](C)CC(=O)[C@H](CC)NC(=O)[C@H]12. The fourth-order valence-corrected chi connectivity index (χ4v) is 12.4. The number of nitrogens with zero attached hydrogens (tertiary/aromatic N) is 5. The van der Waals surface area contributed by atoms with Crippen LogP contribution in [0.1, 0.15) is 189 Å². The lowest BCUT2D eigenvalue weighted by atomic mass is 9.70. The number of fused-ring (bicyclic) bond motifs is 1. The summed E-state index contributed by atoms with van der Waals surface area (Å²) in [7, 11) is 7.18. The molecule has 7 amide bonds. The predicted octanol–water partition coefficient (Wildman–Crippen LogP) is 8.09. The molecule has 2 saturated heterocycles. The molecule has 0 aliphatic carbocycles. The number of hydrogen-bond donors (Lipinski definition) is 2. The normalized spacial score (nSPS) is 28.3. The molecule has 2 aliphatic heterocycles. The van der Waals surface area contributed by atoms with Gasteiger partial charge in [-0.15, -0.1) is 0 Å². The number of likely N-dealkylation sites (N-methyl/N-ethyl adjacent to an activating group) is 3. The number of allylic oxidation sites excluding steroid dienone is 2. The van der Waals surface area contributed by atoms with E-state index in [-0.39, 0.29) is 88.0 Å². The molecular formula is C67H113N7O14. The molecule has 0 aromatic carbocycles. The highest BCUT2D eigenvalue weighted by Gasteiger charge is 2.54. The lowest BCUT2D eigenvalue weighted by Crippen LogP contribution is -2.71. The van der Waals surface area contributed by atoms with Crippen molar-refractivity contribution in [3.05, 3.63) is 12.2 Å². The van der Waals surface area contributed by atoms with Crippen LogP contribution in [0.5, 0.6) is 0 Å². The second-order valence-electron chi connectivity index (χ2n) is 28.2. The molecule has 0 unspecified atom stereocenters. The number of amides is 7. The van der Waals surface area contributed by atoms with Gasteiger partial charge in [0.25, 0.3) is 5.91 Å². The van der Waals surface area contributed by atoms with E-state index in [1.807, 2.05) is 67.5 Å². The molecule has 0 aromatic heterocycles. The summed E-state index contributed by atoms with van der Waals surface area (Å²) in [4.78, 5) is 185. The van der Waals surface area contributed by atoms with Crippen LogP contribution in [0, 0.1) is 70.5 Å². The minimum absolute atomic E-state index is 0.0403. The van der Waals surface area contributed by atoms with E-state index in [0.29, 0.717) is 6.42 Å². The Bertz CT molecular complexity index is 2490. The van der Waals surface area contributed by atoms with Gasteiger partial charge in [-0.05, 0) is 86.9 Å². The fourth-order valence-electron chi connectivity index (χ4n) is 12.4. The minimum Gasteiger partial charge on any atom is -0.453 e. The number of hydroxylamine groups is 2. The summed E-state index contributed by atoms with van der Waals surface area (Å²) in [5.74, 6) is -12.3. The summed E-state index contributed by atoms with van der Waals surface area (Å²) in [6, 6.07) is -6.74. The van der Waals surface area contributed by atoms with Crippen LogP contribution in [0.2, 0.25) is 0 Å². The van der Waals surface area contributed by atoms with Crippen molar-refractivity contribution in [2.75, 3.05) is 41.8 Å². The summed E-state index contributed by atoms with van der Waals surface area (Å²) >= 11 is 0. The molecule has 500 valence electrons. The fraction of sp³-hybridized carbons (Fsp3) is 0.791. The maximum Gasteiger partial charge on any atom is 0.409 e. The zero-order valence-electron chi connectivity index (χ0n) is 57.8. The third-order valence-electron chi connectivity index (χ3n) is 17.8. The van der Waals surface area contributed by atoms with Crippen LogP contribution in [0.3, 0.4) is 0 Å². The lowest BCUT2D eigenvalue weighted by Gasteiger charge is -2.50. The summed E-state index contributed by atoms with van der Waals surface area (Å²) in [6.45, 7) is 31.9. The van der Waals surface area contributed by atoms with Crippen molar-refractivity contribution in [1.29, 1.82) is 0 Å². The number of carbonyl (C=O) groups excluding carboxylic acids is 12. The molecule has 88 heavy (non-hydrogen) atoms. The molecule has 0 aromatic rings. The number of rotatable bonds is 15. The summed E-state index contributed by atoms with van der Waals surface area (Å²) in [5.41, 5.74) is -1.11. The van der Waals surface area contributed by atoms with Gasteiger partial charge < -0.3 is 35.0 Å². The molecule has 0 bridgehead atoms. The maximum absolute atomic E-state index is 15.0. The first kappa shape index (κ1) is 78.2. The first-order valence-corrected chi connectivity index (χ1v) is 32.1. The van der Waals surface area contributed by atoms with E-state index in [2.05, 4.69) is 10.6 Å². The Balaban J connectivity index is 2.95. The number of methoxy groups -OCH3 is 1. The second kappa shape index (κ2) is 34.9. The Hall–Kier alpha value is -5.86. The highest BCUT2D eigenvalue weighted by molar-refractivity contribution is 6.00. The predicted molar refractivity (Wildman–Crippen MR) is 337 cm³/mol. The van der Waals surface area contributed by atoms with Gasteiger partial charge in [-0.25, -0.2) is 9.86 Å². The zero-order chi connectivity index (χ0) is 67.7. The third-order valence-corrected chi connectivity index (χ3v) is 17.8. The largest absolute Gasteiger partial charge is 0.453 e. The Kier molecular flexibility index (Phi) is 31.1. The molecule has 2 fully saturated rings. The number of nitrogens with one attached hydrogen (secondary N) is 2. The third kappa shape index (κ3) is 21.4. The molecule has 21 nitrogen and oxygen atoms in total. The smallest absolute Gasteiger partial charge is 0.409 e. The van der Waals surface area contributed by atoms with Crippen molar-refractivity contribution >= 4 is 70.5 Å².